The van der Waals surface area contributed by atoms with Crippen molar-refractivity contribution in [2.75, 3.05) is 20.7 Å². The normalized spacial score (nSPS) is 12.0. The number of amides is 1. The molecule has 0 spiro atoms. The number of nitrogens with two attached hydrogens (primary N) is 1. The number of hydrogen-bond donors (Lipinski definition) is 1. The van der Waals surface area contributed by atoms with Crippen LogP contribution < -0.4 is 5.73 Å². The van der Waals surface area contributed by atoms with E-state index in [0.717, 1.165) is 0 Å². The lowest BCUT2D eigenvalue weighted by atomic mass is 10.1. The van der Waals surface area contributed by atoms with Gasteiger partial charge in [0.05, 0.1) is 13.3 Å². The van der Waals surface area contributed by atoms with Gasteiger partial charge in [-0.15, -0.1) is 0 Å². The second kappa shape index (κ2) is 5.44. The van der Waals surface area contributed by atoms with Crippen molar-refractivity contribution in [3.05, 3.63) is 18.0 Å². The monoisotopic (exact) mass is 240 g/mol. The summed E-state index contributed by atoms with van der Waals surface area (Å²) in [6.07, 6.45) is 3.18. The molecule has 1 rings (SSSR count). The number of carbonyl (C=O) groups is 2. The Kier molecular flexibility index (Phi) is 4.22. The largest absolute Gasteiger partial charge is 0.468 e. The summed E-state index contributed by atoms with van der Waals surface area (Å²) < 4.78 is 6.03. The van der Waals surface area contributed by atoms with Crippen LogP contribution >= 0.6 is 0 Å². The Morgan fingerprint density at radius 2 is 2.29 bits per heavy atom. The van der Waals surface area contributed by atoms with Gasteiger partial charge in [-0.05, 0) is 0 Å². The molecule has 0 aliphatic carbocycles. The quantitative estimate of drug-likeness (QED) is 0.685. The maximum absolute atomic E-state index is 11.9. The Balaban J connectivity index is 2.66. The van der Waals surface area contributed by atoms with Crippen molar-refractivity contribution < 1.29 is 14.3 Å². The Morgan fingerprint density at radius 1 is 1.65 bits per heavy atom. The Bertz CT molecular complexity index is 415. The third-order valence-corrected chi connectivity index (χ3v) is 2.32. The number of ether oxygens (including phenoxy) is 1. The van der Waals surface area contributed by atoms with Gasteiger partial charge in [0.2, 0.25) is 5.91 Å². The Labute approximate surface area is 99.1 Å². The number of nitrogens with zero attached hydrogens (tertiary/aromatic N) is 3. The fourth-order valence-corrected chi connectivity index (χ4v) is 1.32. The molecular formula is C10H16N4O3. The van der Waals surface area contributed by atoms with E-state index in [1.54, 1.807) is 17.9 Å². The number of carbonyl (C=O) groups excluding carboxylic acids is 2. The molecule has 1 atom stereocenters. The smallest absolute Gasteiger partial charge is 0.325 e. The van der Waals surface area contributed by atoms with E-state index >= 15 is 0 Å². The Morgan fingerprint density at radius 3 is 2.76 bits per heavy atom. The molecule has 0 radical (unpaired) electrons. The summed E-state index contributed by atoms with van der Waals surface area (Å²) in [7, 11) is 4.50. The van der Waals surface area contributed by atoms with Gasteiger partial charge in [0.15, 0.2) is 0 Å². The van der Waals surface area contributed by atoms with Crippen LogP contribution in [0.1, 0.15) is 11.6 Å². The van der Waals surface area contributed by atoms with Crippen LogP contribution in [0.3, 0.4) is 0 Å². The van der Waals surface area contributed by atoms with Crippen molar-refractivity contribution in [1.29, 1.82) is 0 Å². The minimum atomic E-state index is -0.821. The maximum atomic E-state index is 11.9. The van der Waals surface area contributed by atoms with E-state index < -0.39 is 12.0 Å². The van der Waals surface area contributed by atoms with Crippen LogP contribution in [0.15, 0.2) is 12.4 Å². The molecule has 0 aliphatic heterocycles. The molecule has 1 amide bonds. The minimum absolute atomic E-state index is 0.122. The lowest BCUT2D eigenvalue weighted by Crippen LogP contribution is -2.39. The van der Waals surface area contributed by atoms with Crippen molar-refractivity contribution in [2.45, 2.75) is 6.04 Å². The first-order valence-electron chi connectivity index (χ1n) is 5.01. The van der Waals surface area contributed by atoms with E-state index in [2.05, 4.69) is 9.84 Å². The van der Waals surface area contributed by atoms with Crippen LogP contribution in [0, 0.1) is 0 Å². The highest BCUT2D eigenvalue weighted by Crippen LogP contribution is 2.11. The number of aromatic nitrogens is 2. The summed E-state index contributed by atoms with van der Waals surface area (Å²) in [6.45, 7) is -0.122. The van der Waals surface area contributed by atoms with Gasteiger partial charge in [0.1, 0.15) is 12.6 Å². The van der Waals surface area contributed by atoms with Crippen molar-refractivity contribution in [2.24, 2.45) is 12.8 Å². The lowest BCUT2D eigenvalue weighted by Gasteiger charge is -2.19. The first-order valence-corrected chi connectivity index (χ1v) is 5.01. The van der Waals surface area contributed by atoms with Crippen molar-refractivity contribution in [1.82, 2.24) is 14.7 Å². The van der Waals surface area contributed by atoms with E-state index in [1.807, 2.05) is 0 Å². The standard InChI is InChI=1S/C10H16N4O3/c1-13(6-8(15)17-3)10(16)9(11)7-4-12-14(2)5-7/h4-5,9H,6,11H2,1-3H3. The molecule has 2 N–H and O–H groups in total. The molecule has 1 heterocycles. The molecule has 0 aromatic carbocycles. The average Bonchev–Trinajstić information content (AvgIpc) is 2.73. The maximum Gasteiger partial charge on any atom is 0.325 e. The van der Waals surface area contributed by atoms with Crippen LogP contribution in [0.2, 0.25) is 0 Å². The zero-order valence-corrected chi connectivity index (χ0v) is 10.1. The summed E-state index contributed by atoms with van der Waals surface area (Å²) in [6, 6.07) is -0.821. The summed E-state index contributed by atoms with van der Waals surface area (Å²) in [4.78, 5) is 24.1. The van der Waals surface area contributed by atoms with Gasteiger partial charge in [0.25, 0.3) is 0 Å². The Hall–Kier alpha value is -1.89. The summed E-state index contributed by atoms with van der Waals surface area (Å²) in [5.41, 5.74) is 6.38. The number of likely N-dealkylation sites (N-methyl/N-ethyl adjacent to an activating group) is 1. The molecule has 0 bridgehead atoms. The molecule has 0 fully saturated rings. The molecule has 0 saturated carbocycles. The number of methoxy groups -OCH3 is 1. The molecule has 1 aromatic heterocycles. The third kappa shape index (κ3) is 3.28. The van der Waals surface area contributed by atoms with Gasteiger partial charge >= 0.3 is 5.97 Å². The van der Waals surface area contributed by atoms with Gasteiger partial charge in [-0.3, -0.25) is 14.3 Å². The zero-order valence-electron chi connectivity index (χ0n) is 10.1. The van der Waals surface area contributed by atoms with E-state index in [-0.39, 0.29) is 12.5 Å². The van der Waals surface area contributed by atoms with E-state index in [9.17, 15) is 9.59 Å². The van der Waals surface area contributed by atoms with Gasteiger partial charge in [-0.25, -0.2) is 0 Å². The second-order valence-corrected chi connectivity index (χ2v) is 3.70. The van der Waals surface area contributed by atoms with Crippen LogP contribution in [-0.2, 0) is 21.4 Å². The van der Waals surface area contributed by atoms with Crippen molar-refractivity contribution in [3.63, 3.8) is 0 Å². The first kappa shape index (κ1) is 13.2. The summed E-state index contributed by atoms with van der Waals surface area (Å²) in [5, 5.41) is 3.93. The summed E-state index contributed by atoms with van der Waals surface area (Å²) in [5.74, 6) is -0.845. The molecule has 7 heteroatoms. The molecule has 0 saturated heterocycles. The topological polar surface area (TPSA) is 90.4 Å². The number of aryl methyl sites for hydroxylation is 1. The van der Waals surface area contributed by atoms with E-state index in [1.165, 1.54) is 25.3 Å². The number of hydrogen-bond acceptors (Lipinski definition) is 5. The van der Waals surface area contributed by atoms with Crippen LogP contribution in [0.4, 0.5) is 0 Å². The van der Waals surface area contributed by atoms with Crippen LogP contribution in [0.5, 0.6) is 0 Å². The van der Waals surface area contributed by atoms with Gasteiger partial charge < -0.3 is 15.4 Å². The highest BCUT2D eigenvalue weighted by molar-refractivity contribution is 5.86. The minimum Gasteiger partial charge on any atom is -0.468 e. The number of esters is 1. The zero-order chi connectivity index (χ0) is 13.0. The predicted octanol–water partition coefficient (Wildman–Crippen LogP) is -0.949. The van der Waals surface area contributed by atoms with Crippen LogP contribution in [0.25, 0.3) is 0 Å². The highest BCUT2D eigenvalue weighted by atomic mass is 16.5. The molecule has 7 nitrogen and oxygen atoms in total. The highest BCUT2D eigenvalue weighted by Gasteiger charge is 2.22. The van der Waals surface area contributed by atoms with E-state index in [0.29, 0.717) is 5.56 Å². The number of rotatable bonds is 4. The van der Waals surface area contributed by atoms with Crippen molar-refractivity contribution >= 4 is 11.9 Å². The lowest BCUT2D eigenvalue weighted by molar-refractivity contribution is -0.146. The molecular weight excluding hydrogens is 224 g/mol. The van der Waals surface area contributed by atoms with Gasteiger partial charge in [0, 0.05) is 25.9 Å². The molecule has 1 aromatic rings. The first-order chi connectivity index (χ1) is 7.95. The molecule has 1 unspecified atom stereocenters. The van der Waals surface area contributed by atoms with E-state index in [4.69, 9.17) is 5.73 Å². The molecule has 17 heavy (non-hydrogen) atoms. The van der Waals surface area contributed by atoms with Gasteiger partial charge in [-0.1, -0.05) is 0 Å². The molecule has 0 aliphatic rings. The van der Waals surface area contributed by atoms with Gasteiger partial charge in [-0.2, -0.15) is 5.10 Å². The van der Waals surface area contributed by atoms with Crippen molar-refractivity contribution in [3.8, 4) is 0 Å². The fourth-order valence-electron chi connectivity index (χ4n) is 1.32. The SMILES string of the molecule is COC(=O)CN(C)C(=O)C(N)c1cnn(C)c1. The van der Waals surface area contributed by atoms with Crippen LogP contribution in [-0.4, -0.2) is 47.3 Å². The summed E-state index contributed by atoms with van der Waals surface area (Å²) >= 11 is 0. The second-order valence-electron chi connectivity index (χ2n) is 3.70. The predicted molar refractivity (Wildman–Crippen MR) is 59.8 cm³/mol. The fraction of sp³-hybridized carbons (Fsp3) is 0.500. The third-order valence-electron chi connectivity index (χ3n) is 2.32. The average molecular weight is 240 g/mol. The molecule has 94 valence electrons.